The Labute approximate surface area is 128 Å². The zero-order valence-corrected chi connectivity index (χ0v) is 12.1. The average Bonchev–Trinajstić information content (AvgIpc) is 2.49. The molecule has 3 aromatic rings. The van der Waals surface area contributed by atoms with Gasteiger partial charge in [0.15, 0.2) is 0 Å². The summed E-state index contributed by atoms with van der Waals surface area (Å²) in [6.45, 7) is 0. The lowest BCUT2D eigenvalue weighted by molar-refractivity contribution is 0.475. The maximum absolute atomic E-state index is 9.44. The van der Waals surface area contributed by atoms with Crippen LogP contribution in [0.2, 0.25) is 0 Å². The number of benzene rings is 3. The first-order valence-corrected chi connectivity index (χ1v) is 7.00. The summed E-state index contributed by atoms with van der Waals surface area (Å²) in [6.07, 6.45) is 0. The maximum atomic E-state index is 9.44. The number of thiol groups is 1. The number of phenols is 2. The Morgan fingerprint density at radius 1 is 0.619 bits per heavy atom. The zero-order chi connectivity index (χ0) is 14.8. The lowest BCUT2D eigenvalue weighted by Gasteiger charge is -2.13. The van der Waals surface area contributed by atoms with Crippen molar-refractivity contribution in [3.8, 4) is 33.8 Å². The molecule has 3 aromatic carbocycles. The van der Waals surface area contributed by atoms with Crippen molar-refractivity contribution in [2.75, 3.05) is 0 Å². The van der Waals surface area contributed by atoms with Gasteiger partial charge in [0.05, 0.1) is 0 Å². The molecule has 21 heavy (non-hydrogen) atoms. The predicted molar refractivity (Wildman–Crippen MR) is 87.9 cm³/mol. The Hall–Kier alpha value is -2.39. The minimum absolute atomic E-state index is 0.238. The molecule has 0 fully saturated rings. The normalized spacial score (nSPS) is 10.5. The molecule has 0 saturated heterocycles. The lowest BCUT2D eigenvalue weighted by Crippen LogP contribution is -1.87. The first-order chi connectivity index (χ1) is 10.1. The minimum atomic E-state index is 0.238. The van der Waals surface area contributed by atoms with Gasteiger partial charge in [-0.3, -0.25) is 0 Å². The monoisotopic (exact) mass is 294 g/mol. The largest absolute Gasteiger partial charge is 0.508 e. The Balaban J connectivity index is 2.20. The van der Waals surface area contributed by atoms with E-state index in [-0.39, 0.29) is 11.5 Å². The summed E-state index contributed by atoms with van der Waals surface area (Å²) >= 11 is 4.56. The molecule has 0 heterocycles. The Morgan fingerprint density at radius 2 is 1.14 bits per heavy atom. The predicted octanol–water partition coefficient (Wildman–Crippen LogP) is 4.72. The van der Waals surface area contributed by atoms with Crippen LogP contribution in [0.5, 0.6) is 11.5 Å². The average molecular weight is 294 g/mol. The van der Waals surface area contributed by atoms with Crippen LogP contribution in [0.25, 0.3) is 22.3 Å². The molecule has 0 spiro atoms. The van der Waals surface area contributed by atoms with Crippen molar-refractivity contribution in [3.63, 3.8) is 0 Å². The molecular formula is C18H14O2S. The molecule has 2 nitrogen and oxygen atoms in total. The third-order valence-electron chi connectivity index (χ3n) is 3.38. The second-order valence-electron chi connectivity index (χ2n) is 4.79. The number of hydrogen-bond acceptors (Lipinski definition) is 3. The van der Waals surface area contributed by atoms with Gasteiger partial charge >= 0.3 is 0 Å². The molecule has 0 unspecified atom stereocenters. The van der Waals surface area contributed by atoms with Gasteiger partial charge in [-0.2, -0.15) is 0 Å². The topological polar surface area (TPSA) is 40.5 Å². The fourth-order valence-corrected chi connectivity index (χ4v) is 2.69. The van der Waals surface area contributed by atoms with Crippen molar-refractivity contribution in [2.45, 2.75) is 4.90 Å². The van der Waals surface area contributed by atoms with Crippen LogP contribution in [-0.2, 0) is 0 Å². The molecule has 3 rings (SSSR count). The molecule has 0 aliphatic rings. The van der Waals surface area contributed by atoms with Crippen LogP contribution in [0, 0.1) is 0 Å². The minimum Gasteiger partial charge on any atom is -0.508 e. The van der Waals surface area contributed by atoms with Gasteiger partial charge in [-0.05, 0) is 47.0 Å². The van der Waals surface area contributed by atoms with E-state index >= 15 is 0 Å². The van der Waals surface area contributed by atoms with Gasteiger partial charge in [0.2, 0.25) is 0 Å². The molecule has 2 N–H and O–H groups in total. The molecule has 3 heteroatoms. The van der Waals surface area contributed by atoms with E-state index in [9.17, 15) is 10.2 Å². The van der Waals surface area contributed by atoms with Crippen molar-refractivity contribution in [1.29, 1.82) is 0 Å². The molecule has 0 amide bonds. The van der Waals surface area contributed by atoms with E-state index in [0.29, 0.717) is 0 Å². The third kappa shape index (κ3) is 2.73. The van der Waals surface area contributed by atoms with Gasteiger partial charge in [0.1, 0.15) is 11.5 Å². The van der Waals surface area contributed by atoms with Crippen molar-refractivity contribution in [2.24, 2.45) is 0 Å². The van der Waals surface area contributed by atoms with Gasteiger partial charge < -0.3 is 10.2 Å². The van der Waals surface area contributed by atoms with Gasteiger partial charge in [-0.1, -0.05) is 36.4 Å². The summed E-state index contributed by atoms with van der Waals surface area (Å²) in [5.74, 6) is 0.480. The van der Waals surface area contributed by atoms with Crippen LogP contribution in [0.15, 0.2) is 71.6 Å². The van der Waals surface area contributed by atoms with Crippen molar-refractivity contribution in [1.82, 2.24) is 0 Å². The van der Waals surface area contributed by atoms with Crippen molar-refractivity contribution in [3.05, 3.63) is 66.7 Å². The van der Waals surface area contributed by atoms with Gasteiger partial charge in [-0.25, -0.2) is 0 Å². The van der Waals surface area contributed by atoms with Crippen molar-refractivity contribution >= 4 is 12.6 Å². The lowest BCUT2D eigenvalue weighted by atomic mass is 9.94. The molecule has 0 radical (unpaired) electrons. The van der Waals surface area contributed by atoms with Crippen LogP contribution in [-0.4, -0.2) is 10.2 Å². The molecule has 104 valence electrons. The smallest absolute Gasteiger partial charge is 0.115 e. The van der Waals surface area contributed by atoms with Crippen LogP contribution >= 0.6 is 12.6 Å². The highest BCUT2D eigenvalue weighted by molar-refractivity contribution is 7.80. The molecule has 0 bridgehead atoms. The number of hydrogen-bond donors (Lipinski definition) is 3. The highest BCUT2D eigenvalue weighted by atomic mass is 32.1. The van der Waals surface area contributed by atoms with Crippen LogP contribution in [0.1, 0.15) is 0 Å². The summed E-state index contributed by atoms with van der Waals surface area (Å²) in [5, 5.41) is 18.9. The maximum Gasteiger partial charge on any atom is 0.115 e. The van der Waals surface area contributed by atoms with E-state index in [2.05, 4.69) is 12.6 Å². The highest BCUT2D eigenvalue weighted by Gasteiger charge is 2.10. The summed E-state index contributed by atoms with van der Waals surface area (Å²) in [7, 11) is 0. The van der Waals surface area contributed by atoms with E-state index in [1.165, 1.54) is 0 Å². The van der Waals surface area contributed by atoms with Gasteiger partial charge in [0.25, 0.3) is 0 Å². The number of rotatable bonds is 2. The Bertz CT molecular complexity index is 762. The molecular weight excluding hydrogens is 280 g/mol. The van der Waals surface area contributed by atoms with Gasteiger partial charge in [0, 0.05) is 10.5 Å². The molecule has 0 saturated carbocycles. The summed E-state index contributed by atoms with van der Waals surface area (Å²) in [5.41, 5.74) is 4.04. The second kappa shape index (κ2) is 5.54. The summed E-state index contributed by atoms with van der Waals surface area (Å²) in [6, 6.07) is 20.1. The highest BCUT2D eigenvalue weighted by Crippen LogP contribution is 2.37. The van der Waals surface area contributed by atoms with E-state index in [1.54, 1.807) is 24.3 Å². The Kier molecular flexibility index (Phi) is 3.59. The van der Waals surface area contributed by atoms with E-state index < -0.39 is 0 Å². The quantitative estimate of drug-likeness (QED) is 0.598. The number of phenolic OH excluding ortho intramolecular Hbond substituents is 2. The molecule has 0 aliphatic carbocycles. The summed E-state index contributed by atoms with van der Waals surface area (Å²) < 4.78 is 0. The number of aromatic hydroxyl groups is 2. The van der Waals surface area contributed by atoms with Crippen molar-refractivity contribution < 1.29 is 10.2 Å². The Morgan fingerprint density at radius 3 is 1.71 bits per heavy atom. The standard InChI is InChI=1S/C18H14O2S/c19-14-8-4-12(5-9-14)16-2-1-3-17(21)18(16)13-6-10-15(20)11-7-13/h1-11,19-21H. The summed E-state index contributed by atoms with van der Waals surface area (Å²) in [4.78, 5) is 0.867. The molecule has 0 aliphatic heterocycles. The second-order valence-corrected chi connectivity index (χ2v) is 5.28. The fourth-order valence-electron chi connectivity index (χ4n) is 2.35. The first-order valence-electron chi connectivity index (χ1n) is 6.56. The van der Waals surface area contributed by atoms with Crippen LogP contribution < -0.4 is 0 Å². The van der Waals surface area contributed by atoms with Crippen LogP contribution in [0.4, 0.5) is 0 Å². The molecule has 0 atom stereocenters. The SMILES string of the molecule is Oc1ccc(-c2cccc(S)c2-c2ccc(O)cc2)cc1. The van der Waals surface area contributed by atoms with E-state index in [4.69, 9.17) is 0 Å². The molecule has 0 aromatic heterocycles. The third-order valence-corrected chi connectivity index (χ3v) is 3.75. The fraction of sp³-hybridized carbons (Fsp3) is 0. The first kappa shape index (κ1) is 13.6. The van der Waals surface area contributed by atoms with Crippen LogP contribution in [0.3, 0.4) is 0 Å². The zero-order valence-electron chi connectivity index (χ0n) is 11.2. The van der Waals surface area contributed by atoms with E-state index in [0.717, 1.165) is 27.1 Å². The van der Waals surface area contributed by atoms with E-state index in [1.807, 2.05) is 42.5 Å². The van der Waals surface area contributed by atoms with Gasteiger partial charge in [-0.15, -0.1) is 12.6 Å².